The first-order chi connectivity index (χ1) is 5.74. The van der Waals surface area contributed by atoms with E-state index in [0.29, 0.717) is 11.6 Å². The molecule has 66 valence electrons. The number of methoxy groups -OCH3 is 1. The third-order valence-corrected chi connectivity index (χ3v) is 2.35. The van der Waals surface area contributed by atoms with E-state index in [1.165, 1.54) is 11.8 Å². The van der Waals surface area contributed by atoms with E-state index in [0.717, 1.165) is 4.90 Å². The fourth-order valence-corrected chi connectivity index (χ4v) is 1.45. The molecule has 0 bridgehead atoms. The molecule has 4 heteroatoms. The van der Waals surface area contributed by atoms with Gasteiger partial charge in [-0.1, -0.05) is 11.8 Å². The summed E-state index contributed by atoms with van der Waals surface area (Å²) in [5, 5.41) is 9.13. The van der Waals surface area contributed by atoms with Crippen molar-refractivity contribution in [1.29, 1.82) is 0 Å². The minimum atomic E-state index is 0.225. The third-order valence-electron chi connectivity index (χ3n) is 1.33. The van der Waals surface area contributed by atoms with Crippen LogP contribution in [0.5, 0.6) is 5.75 Å². The van der Waals surface area contributed by atoms with Gasteiger partial charge in [-0.15, -0.1) is 0 Å². The Morgan fingerprint density at radius 2 is 2.33 bits per heavy atom. The lowest BCUT2D eigenvalue weighted by Crippen LogP contribution is -1.89. The molecule has 0 atom stereocenters. The summed E-state index contributed by atoms with van der Waals surface area (Å²) in [6.45, 7) is 0. The first-order valence-electron chi connectivity index (χ1n) is 3.44. The number of rotatable bonds is 3. The van der Waals surface area contributed by atoms with Crippen molar-refractivity contribution in [2.45, 2.75) is 4.90 Å². The Hall–Kier alpha value is -0.870. The van der Waals surface area contributed by atoms with Gasteiger partial charge in [0.25, 0.3) is 0 Å². The number of benzene rings is 1. The number of hydrogen-bond donors (Lipinski definition) is 2. The molecule has 1 rings (SSSR count). The van der Waals surface area contributed by atoms with Gasteiger partial charge in [-0.3, -0.25) is 0 Å². The molecule has 0 aliphatic rings. The average molecular weight is 185 g/mol. The topological polar surface area (TPSA) is 55.5 Å². The summed E-state index contributed by atoms with van der Waals surface area (Å²) in [5.41, 5.74) is 6.30. The molecule has 0 heterocycles. The van der Waals surface area contributed by atoms with E-state index in [-0.39, 0.29) is 5.75 Å². The van der Waals surface area contributed by atoms with Gasteiger partial charge in [-0.2, -0.15) is 0 Å². The van der Waals surface area contributed by atoms with E-state index >= 15 is 0 Å². The molecule has 0 amide bonds. The molecule has 0 saturated carbocycles. The van der Waals surface area contributed by atoms with Gasteiger partial charge >= 0.3 is 0 Å². The van der Waals surface area contributed by atoms with Crippen molar-refractivity contribution in [1.82, 2.24) is 0 Å². The maximum Gasteiger partial charge on any atom is 0.116 e. The van der Waals surface area contributed by atoms with E-state index in [1.54, 1.807) is 25.3 Å². The summed E-state index contributed by atoms with van der Waals surface area (Å²) in [7, 11) is 1.62. The summed E-state index contributed by atoms with van der Waals surface area (Å²) in [4.78, 5) is 0.844. The largest absolute Gasteiger partial charge is 0.508 e. The molecule has 0 fully saturated rings. The lowest BCUT2D eigenvalue weighted by molar-refractivity contribution is 0.259. The van der Waals surface area contributed by atoms with Crippen molar-refractivity contribution in [3.8, 4) is 5.75 Å². The Labute approximate surface area is 75.5 Å². The maximum atomic E-state index is 9.13. The van der Waals surface area contributed by atoms with E-state index in [1.807, 2.05) is 0 Å². The minimum Gasteiger partial charge on any atom is -0.508 e. The van der Waals surface area contributed by atoms with Crippen LogP contribution in [0.2, 0.25) is 0 Å². The van der Waals surface area contributed by atoms with Gasteiger partial charge in [-0.25, -0.2) is 0 Å². The molecule has 0 unspecified atom stereocenters. The molecular weight excluding hydrogens is 174 g/mol. The van der Waals surface area contributed by atoms with Crippen LogP contribution in [-0.4, -0.2) is 18.2 Å². The average Bonchev–Trinajstić information content (AvgIpc) is 2.07. The number of anilines is 1. The molecule has 0 aromatic heterocycles. The van der Waals surface area contributed by atoms with Crippen LogP contribution < -0.4 is 5.73 Å². The van der Waals surface area contributed by atoms with Gasteiger partial charge in [0.05, 0.1) is 5.94 Å². The zero-order valence-corrected chi connectivity index (χ0v) is 7.60. The van der Waals surface area contributed by atoms with Crippen LogP contribution in [0.1, 0.15) is 0 Å². The summed E-state index contributed by atoms with van der Waals surface area (Å²) < 4.78 is 4.87. The lowest BCUT2D eigenvalue weighted by Gasteiger charge is -2.04. The van der Waals surface area contributed by atoms with Crippen LogP contribution in [0.3, 0.4) is 0 Å². The predicted molar refractivity (Wildman–Crippen MR) is 50.3 cm³/mol. The highest BCUT2D eigenvalue weighted by Gasteiger charge is 2.00. The highest BCUT2D eigenvalue weighted by Crippen LogP contribution is 2.28. The monoisotopic (exact) mass is 185 g/mol. The smallest absolute Gasteiger partial charge is 0.116 e. The van der Waals surface area contributed by atoms with Crippen LogP contribution in [-0.2, 0) is 4.74 Å². The van der Waals surface area contributed by atoms with E-state index in [9.17, 15) is 0 Å². The third kappa shape index (κ3) is 2.32. The second kappa shape index (κ2) is 4.23. The summed E-state index contributed by atoms with van der Waals surface area (Å²) in [5.74, 6) is 0.760. The van der Waals surface area contributed by atoms with Gasteiger partial charge in [0, 0.05) is 17.7 Å². The van der Waals surface area contributed by atoms with Crippen molar-refractivity contribution >= 4 is 17.4 Å². The normalized spacial score (nSPS) is 10.1. The molecular formula is C8H11NO2S. The second-order valence-electron chi connectivity index (χ2n) is 2.27. The Bertz CT molecular complexity index is 265. The summed E-state index contributed by atoms with van der Waals surface area (Å²) >= 11 is 1.45. The number of phenolic OH excluding ortho intramolecular Hbond substituents is 1. The first-order valence-corrected chi connectivity index (χ1v) is 4.43. The molecule has 0 aliphatic carbocycles. The van der Waals surface area contributed by atoms with Crippen molar-refractivity contribution in [3.05, 3.63) is 18.2 Å². The van der Waals surface area contributed by atoms with Crippen LogP contribution >= 0.6 is 11.8 Å². The Morgan fingerprint density at radius 1 is 1.58 bits per heavy atom. The quantitative estimate of drug-likeness (QED) is 0.325. The number of aromatic hydroxyl groups is 1. The van der Waals surface area contributed by atoms with Crippen molar-refractivity contribution < 1.29 is 9.84 Å². The number of phenols is 1. The molecule has 12 heavy (non-hydrogen) atoms. The zero-order chi connectivity index (χ0) is 8.97. The maximum absolute atomic E-state index is 9.13. The summed E-state index contributed by atoms with van der Waals surface area (Å²) in [6, 6.07) is 4.86. The number of ether oxygens (including phenoxy) is 1. The van der Waals surface area contributed by atoms with E-state index in [2.05, 4.69) is 0 Å². The molecule has 0 spiro atoms. The Kier molecular flexibility index (Phi) is 3.25. The Morgan fingerprint density at radius 3 is 3.00 bits per heavy atom. The standard InChI is InChI=1S/C8H11NO2S/c1-11-5-12-8-4-6(10)2-3-7(8)9/h2-4,10H,5,9H2,1H3. The van der Waals surface area contributed by atoms with E-state index in [4.69, 9.17) is 15.6 Å². The first kappa shape index (κ1) is 9.22. The zero-order valence-electron chi connectivity index (χ0n) is 6.78. The SMILES string of the molecule is COCSc1cc(O)ccc1N. The molecule has 0 radical (unpaired) electrons. The van der Waals surface area contributed by atoms with Crippen LogP contribution in [0.4, 0.5) is 5.69 Å². The highest BCUT2D eigenvalue weighted by atomic mass is 32.2. The molecule has 1 aromatic carbocycles. The van der Waals surface area contributed by atoms with Gasteiger partial charge in [0.1, 0.15) is 5.75 Å². The van der Waals surface area contributed by atoms with Gasteiger partial charge < -0.3 is 15.6 Å². The van der Waals surface area contributed by atoms with Crippen LogP contribution in [0.25, 0.3) is 0 Å². The molecule has 3 N–H and O–H groups in total. The van der Waals surface area contributed by atoms with Crippen molar-refractivity contribution in [2.75, 3.05) is 18.8 Å². The highest BCUT2D eigenvalue weighted by molar-refractivity contribution is 7.99. The van der Waals surface area contributed by atoms with Crippen LogP contribution in [0.15, 0.2) is 23.1 Å². The Balaban J connectivity index is 2.75. The predicted octanol–water partition coefficient (Wildman–Crippen LogP) is 1.67. The number of thioether (sulfide) groups is 1. The minimum absolute atomic E-state index is 0.225. The fourth-order valence-electron chi connectivity index (χ4n) is 0.770. The van der Waals surface area contributed by atoms with Gasteiger partial charge in [-0.05, 0) is 18.2 Å². The van der Waals surface area contributed by atoms with E-state index < -0.39 is 0 Å². The molecule has 0 aliphatic heterocycles. The number of nitrogens with two attached hydrogens (primary N) is 1. The molecule has 0 saturated heterocycles. The van der Waals surface area contributed by atoms with Crippen molar-refractivity contribution in [2.24, 2.45) is 0 Å². The van der Waals surface area contributed by atoms with Gasteiger partial charge in [0.2, 0.25) is 0 Å². The molecule has 1 aromatic rings. The second-order valence-corrected chi connectivity index (χ2v) is 3.24. The molecule has 3 nitrogen and oxygen atoms in total. The van der Waals surface area contributed by atoms with Gasteiger partial charge in [0.15, 0.2) is 0 Å². The number of nitrogen functional groups attached to an aromatic ring is 1. The summed E-state index contributed by atoms with van der Waals surface area (Å²) in [6.07, 6.45) is 0. The fraction of sp³-hybridized carbons (Fsp3) is 0.250. The van der Waals surface area contributed by atoms with Crippen molar-refractivity contribution in [3.63, 3.8) is 0 Å². The lowest BCUT2D eigenvalue weighted by atomic mass is 10.3. The van der Waals surface area contributed by atoms with Crippen LogP contribution in [0, 0.1) is 0 Å². The number of hydrogen-bond acceptors (Lipinski definition) is 4.